The number of ether oxygens (including phenoxy) is 3. The second kappa shape index (κ2) is 24.4. The predicted octanol–water partition coefficient (Wildman–Crippen LogP) is 14.6. The Morgan fingerprint density at radius 3 is 0.909 bits per heavy atom. The van der Waals surface area contributed by atoms with Crippen LogP contribution in [-0.2, 0) is 37.4 Å². The van der Waals surface area contributed by atoms with Crippen LogP contribution >= 0.6 is 7.82 Å². The molecule has 0 radical (unpaired) electrons. The highest BCUT2D eigenvalue weighted by Gasteiger charge is 2.33. The zero-order chi connectivity index (χ0) is 54.2. The van der Waals surface area contributed by atoms with Crippen LogP contribution in [-0.4, -0.2) is 35.3 Å². The number of benzene rings is 3. The monoisotopic (exact) mass is 1070 g/mol. The molecule has 3 aliphatic rings. The van der Waals surface area contributed by atoms with Crippen LogP contribution < -0.4 is 30.9 Å². The molecule has 14 heteroatoms. The lowest BCUT2D eigenvalue weighted by molar-refractivity contribution is -0.00423. The van der Waals surface area contributed by atoms with E-state index in [2.05, 4.69) is 56.5 Å². The summed E-state index contributed by atoms with van der Waals surface area (Å²) in [5.41, 5.74) is 4.83. The molecule has 410 valence electrons. The molecular formula is C63H78N3O10P. The van der Waals surface area contributed by atoms with Crippen LogP contribution in [0.25, 0.3) is 33.4 Å². The van der Waals surface area contributed by atoms with Gasteiger partial charge in [-0.3, -0.25) is 14.4 Å². The number of hydrogen-bond donors (Lipinski definition) is 3. The molecule has 0 saturated heterocycles. The summed E-state index contributed by atoms with van der Waals surface area (Å²) in [6, 6.07) is 33.1. The maximum atomic E-state index is 15.1. The van der Waals surface area contributed by atoms with Crippen LogP contribution in [0.5, 0.6) is 17.2 Å². The van der Waals surface area contributed by atoms with Gasteiger partial charge in [0.2, 0.25) is 0 Å². The van der Waals surface area contributed by atoms with Gasteiger partial charge in [0.05, 0.1) is 16.7 Å². The van der Waals surface area contributed by atoms with Crippen molar-refractivity contribution in [2.45, 2.75) is 138 Å². The summed E-state index contributed by atoms with van der Waals surface area (Å²) in [4.78, 5) is 51.3. The third-order valence-corrected chi connectivity index (χ3v) is 17.8. The fourth-order valence-electron chi connectivity index (χ4n) is 11.6. The first-order valence-corrected chi connectivity index (χ1v) is 29.2. The van der Waals surface area contributed by atoms with Crippen LogP contribution in [0.1, 0.15) is 136 Å². The Kier molecular flexibility index (Phi) is 17.6. The van der Waals surface area contributed by atoms with Crippen molar-refractivity contribution in [3.05, 3.63) is 157 Å². The van der Waals surface area contributed by atoms with E-state index < -0.39 is 28.2 Å². The molecule has 9 rings (SSSR count). The Morgan fingerprint density at radius 2 is 0.662 bits per heavy atom. The fourth-order valence-corrected chi connectivity index (χ4v) is 12.3. The second-order valence-corrected chi connectivity index (χ2v) is 25.9. The van der Waals surface area contributed by atoms with E-state index in [-0.39, 0.29) is 66.9 Å². The third kappa shape index (κ3) is 15.0. The molecule has 3 aliphatic carbocycles. The number of nitrogens with one attached hydrogen (secondary N) is 3. The zero-order valence-corrected chi connectivity index (χ0v) is 46.8. The van der Waals surface area contributed by atoms with Crippen LogP contribution in [0.4, 0.5) is 0 Å². The van der Waals surface area contributed by atoms with Gasteiger partial charge in [0.1, 0.15) is 17.2 Å². The first kappa shape index (κ1) is 55.8. The average molecular weight is 1070 g/mol. The molecule has 3 saturated carbocycles. The van der Waals surface area contributed by atoms with E-state index in [0.717, 1.165) is 94.1 Å². The van der Waals surface area contributed by atoms with Crippen molar-refractivity contribution in [3.63, 3.8) is 0 Å². The molecular weight excluding hydrogens is 990 g/mol. The number of pyridine rings is 3. The van der Waals surface area contributed by atoms with Crippen LogP contribution in [0.15, 0.2) is 124 Å². The van der Waals surface area contributed by atoms with Gasteiger partial charge >= 0.3 is 7.82 Å². The third-order valence-electron chi connectivity index (χ3n) is 16.5. The number of phosphoric acid groups is 1. The molecule has 3 aromatic heterocycles. The topological polar surface area (TPSA) is 171 Å². The van der Waals surface area contributed by atoms with Crippen molar-refractivity contribution in [2.75, 3.05) is 20.4 Å². The number of H-pyrrole nitrogens is 3. The van der Waals surface area contributed by atoms with E-state index >= 15 is 4.57 Å². The lowest BCUT2D eigenvalue weighted by atomic mass is 9.72. The van der Waals surface area contributed by atoms with E-state index in [1.54, 1.807) is 0 Å². The Labute approximate surface area is 453 Å². The zero-order valence-electron chi connectivity index (χ0n) is 45.9. The molecule has 0 amide bonds. The van der Waals surface area contributed by atoms with Gasteiger partial charge in [0, 0.05) is 35.3 Å². The van der Waals surface area contributed by atoms with Gasteiger partial charge < -0.3 is 29.2 Å². The van der Waals surface area contributed by atoms with Gasteiger partial charge in [-0.05, 0) is 147 Å². The minimum atomic E-state index is -4.72. The van der Waals surface area contributed by atoms with E-state index in [4.69, 9.17) is 27.8 Å². The second-order valence-electron chi connectivity index (χ2n) is 24.2. The van der Waals surface area contributed by atoms with Gasteiger partial charge in [-0.25, -0.2) is 18.1 Å². The van der Waals surface area contributed by atoms with E-state index in [1.165, 1.54) is 0 Å². The highest BCUT2D eigenvalue weighted by Crippen LogP contribution is 2.50. The van der Waals surface area contributed by atoms with Crippen molar-refractivity contribution >= 4 is 7.82 Å². The Bertz CT molecular complexity index is 2800. The van der Waals surface area contributed by atoms with Gasteiger partial charge in [-0.2, -0.15) is 0 Å². The minimum Gasteiger partial charge on any atom is -0.466 e. The number of aromatic amines is 3. The lowest BCUT2D eigenvalue weighted by Gasteiger charge is -2.34. The predicted molar refractivity (Wildman–Crippen MR) is 303 cm³/mol. The molecule has 0 spiro atoms. The normalized spacial score (nSPS) is 17.9. The van der Waals surface area contributed by atoms with Gasteiger partial charge in [0.25, 0.3) is 16.7 Å². The summed E-state index contributed by atoms with van der Waals surface area (Å²) >= 11 is 0. The van der Waals surface area contributed by atoms with E-state index in [0.29, 0.717) is 53.7 Å². The molecule has 0 unspecified atom stereocenters. The van der Waals surface area contributed by atoms with Crippen molar-refractivity contribution in [1.29, 1.82) is 0 Å². The molecule has 3 heterocycles. The molecule has 0 atom stereocenters. The van der Waals surface area contributed by atoms with Crippen LogP contribution in [0, 0.1) is 34.0 Å². The molecule has 3 fully saturated rings. The van der Waals surface area contributed by atoms with Gasteiger partial charge in [0.15, 0.2) is 20.4 Å². The summed E-state index contributed by atoms with van der Waals surface area (Å²) in [6.45, 7) is 11.8. The van der Waals surface area contributed by atoms with Gasteiger partial charge in [-0.1, -0.05) is 133 Å². The van der Waals surface area contributed by atoms with Crippen molar-refractivity contribution in [2.24, 2.45) is 34.0 Å². The molecule has 6 aromatic rings. The van der Waals surface area contributed by atoms with Crippen LogP contribution in [0.2, 0.25) is 0 Å². The summed E-state index contributed by atoms with van der Waals surface area (Å²) < 4.78 is 52.0. The summed E-state index contributed by atoms with van der Waals surface area (Å²) in [5, 5.41) is 0. The Balaban J connectivity index is 0.991. The average Bonchev–Trinajstić information content (AvgIpc) is 3.40. The summed E-state index contributed by atoms with van der Waals surface area (Å²) in [7, 11) is -4.72. The molecule has 77 heavy (non-hydrogen) atoms. The van der Waals surface area contributed by atoms with Crippen molar-refractivity contribution < 1.29 is 32.3 Å². The maximum Gasteiger partial charge on any atom is 0.483 e. The van der Waals surface area contributed by atoms with E-state index in [1.807, 2.05) is 109 Å². The van der Waals surface area contributed by atoms with E-state index in [9.17, 15) is 14.4 Å². The molecule has 0 bridgehead atoms. The molecule has 3 N–H and O–H groups in total. The van der Waals surface area contributed by atoms with Gasteiger partial charge in [-0.15, -0.1) is 0 Å². The smallest absolute Gasteiger partial charge is 0.466 e. The maximum absolute atomic E-state index is 15.1. The number of rotatable bonds is 21. The lowest BCUT2D eigenvalue weighted by Crippen LogP contribution is -2.24. The first-order chi connectivity index (χ1) is 36.9. The summed E-state index contributed by atoms with van der Waals surface area (Å²) in [6.07, 6.45) is 14.9. The summed E-state index contributed by atoms with van der Waals surface area (Å²) in [5.74, 6) is 1.89. The largest absolute Gasteiger partial charge is 0.483 e. The fraction of sp³-hybridized carbons (Fsp3) is 0.476. The van der Waals surface area contributed by atoms with Crippen LogP contribution in [0.3, 0.4) is 0 Å². The number of hydrogen-bond acceptors (Lipinski definition) is 10. The number of phosphoric ester groups is 1. The molecule has 13 nitrogen and oxygen atoms in total. The van der Waals surface area contributed by atoms with Crippen molar-refractivity contribution in [3.8, 4) is 50.6 Å². The highest BCUT2D eigenvalue weighted by molar-refractivity contribution is 7.48. The first-order valence-electron chi connectivity index (χ1n) is 27.8. The standard InChI is InChI=1S/C63H78N3O10P/c1-61(2)28-22-43(23-29-61)34-49-37-52(55(58(67)64-49)46-16-10-7-11-17-46)71-40-74-77(70,75-41-72-53-38-50(35-44-24-30-62(3,4)31-25-44)65-59(68)56(53)47-18-12-8-13-19-47)76-42-73-54-39-51(36-45-26-32-63(5,6)33-27-45)66-60(69)57(54)48-20-14-9-15-21-48/h7-21,37-39,43-45H,22-36,40-42H2,1-6H3,(H,64,67)(H,65,68)(H,66,69). The SMILES string of the molecule is CC1(C)CCC(Cc2cc(OCOP(=O)(OCOc3cc(CC4CCC(C)(C)CC4)[nH]c(=O)c3-c3ccccc3)OCOc3cc(CC4CCC(C)(C)CC4)[nH]c(=O)c3-c3ccccc3)c(-c3ccccc3)c(=O)[nH]2)CC1. The minimum absolute atomic E-state index is 0.236. The quantitative estimate of drug-likeness (QED) is 0.0465. The Hall–Kier alpha value is -5.98. The molecule has 3 aromatic carbocycles. The Morgan fingerprint density at radius 1 is 0.416 bits per heavy atom. The van der Waals surface area contributed by atoms with Crippen molar-refractivity contribution in [1.82, 2.24) is 15.0 Å². The number of aromatic nitrogens is 3. The highest BCUT2D eigenvalue weighted by atomic mass is 31.2. The molecule has 0 aliphatic heterocycles.